The lowest BCUT2D eigenvalue weighted by Crippen LogP contribution is -2.34. The van der Waals surface area contributed by atoms with Crippen LogP contribution in [0.4, 0.5) is 0 Å². The SMILES string of the molecule is CC(C)C1C=CNC1C(C)C.CC(C)C1CCNC1C(C)C.CC(C)c1ccn(C)c1C(C)C.[HH].[HH]. The zero-order valence-corrected chi connectivity index (χ0v) is 24.9. The lowest BCUT2D eigenvalue weighted by molar-refractivity contribution is 0.285. The van der Waals surface area contributed by atoms with Crippen LogP contribution in [0.2, 0.25) is 0 Å². The molecule has 3 heterocycles. The summed E-state index contributed by atoms with van der Waals surface area (Å²) in [6.45, 7) is 28.7. The molecule has 1 saturated heterocycles. The summed E-state index contributed by atoms with van der Waals surface area (Å²) in [5.41, 5.74) is 2.97. The zero-order chi connectivity index (χ0) is 26.2. The van der Waals surface area contributed by atoms with Crippen molar-refractivity contribution in [1.82, 2.24) is 15.2 Å². The number of aryl methyl sites for hydroxylation is 1. The van der Waals surface area contributed by atoms with Crippen molar-refractivity contribution >= 4 is 0 Å². The molecule has 0 bridgehead atoms. The van der Waals surface area contributed by atoms with E-state index in [4.69, 9.17) is 0 Å². The van der Waals surface area contributed by atoms with Gasteiger partial charge in [-0.05, 0) is 72.2 Å². The van der Waals surface area contributed by atoms with Crippen molar-refractivity contribution in [3.05, 3.63) is 35.8 Å². The van der Waals surface area contributed by atoms with Gasteiger partial charge in [-0.1, -0.05) is 89.2 Å². The van der Waals surface area contributed by atoms with Crippen LogP contribution < -0.4 is 10.6 Å². The van der Waals surface area contributed by atoms with Crippen LogP contribution in [0, 0.1) is 35.5 Å². The van der Waals surface area contributed by atoms with E-state index in [0.717, 1.165) is 41.5 Å². The Balaban J connectivity index is 0. The predicted octanol–water partition coefficient (Wildman–Crippen LogP) is 8.44. The summed E-state index contributed by atoms with van der Waals surface area (Å²) in [7, 11) is 2.13. The fraction of sp³-hybridized carbons (Fsp3) is 0.806. The highest BCUT2D eigenvalue weighted by Crippen LogP contribution is 2.28. The molecule has 34 heavy (non-hydrogen) atoms. The number of rotatable bonds is 6. The van der Waals surface area contributed by atoms with Crippen molar-refractivity contribution in [2.45, 2.75) is 113 Å². The standard InChI is InChI=1S/C11H19N.C10H21N.C10H19N.2H2/c1-8(2)10-6-7-12(5)11(10)9(3)4;2*1-7(2)9-5-6-11-10(9)8(3)4;;/h6-9H,1-5H3;7-11H,5-6H2,1-4H3;5-11H,1-4H3;2*1H. The molecule has 2 aliphatic rings. The van der Waals surface area contributed by atoms with Crippen LogP contribution in [0.15, 0.2) is 24.5 Å². The largest absolute Gasteiger partial charge is 0.388 e. The van der Waals surface area contributed by atoms with Gasteiger partial charge in [0.05, 0.1) is 0 Å². The van der Waals surface area contributed by atoms with Gasteiger partial charge in [0.25, 0.3) is 0 Å². The molecule has 0 radical (unpaired) electrons. The van der Waals surface area contributed by atoms with Gasteiger partial charge in [-0.2, -0.15) is 0 Å². The third-order valence-corrected chi connectivity index (χ3v) is 7.73. The van der Waals surface area contributed by atoms with Gasteiger partial charge in [-0.25, -0.2) is 0 Å². The van der Waals surface area contributed by atoms with Crippen LogP contribution in [-0.2, 0) is 7.05 Å². The maximum Gasteiger partial charge on any atom is 0.0344 e. The molecule has 2 N–H and O–H groups in total. The summed E-state index contributed by atoms with van der Waals surface area (Å²) in [5.74, 6) is 6.05. The first-order valence-corrected chi connectivity index (χ1v) is 14.1. The fourth-order valence-corrected chi connectivity index (χ4v) is 5.80. The second-order valence-electron chi connectivity index (χ2n) is 12.6. The van der Waals surface area contributed by atoms with Crippen molar-refractivity contribution in [2.24, 2.45) is 42.6 Å². The monoisotopic (exact) mass is 478 g/mol. The van der Waals surface area contributed by atoms with E-state index >= 15 is 0 Å². The molecule has 4 unspecified atom stereocenters. The highest BCUT2D eigenvalue weighted by molar-refractivity contribution is 5.27. The number of aromatic nitrogens is 1. The molecule has 3 nitrogen and oxygen atoms in total. The molecule has 202 valence electrons. The van der Waals surface area contributed by atoms with Crippen molar-refractivity contribution in [2.75, 3.05) is 6.54 Å². The zero-order valence-electron chi connectivity index (χ0n) is 24.9. The van der Waals surface area contributed by atoms with E-state index in [1.54, 1.807) is 0 Å². The normalized spacial score (nSPS) is 24.2. The third kappa shape index (κ3) is 8.77. The van der Waals surface area contributed by atoms with Crippen LogP contribution in [0.25, 0.3) is 0 Å². The molecule has 4 atom stereocenters. The topological polar surface area (TPSA) is 29.0 Å². The van der Waals surface area contributed by atoms with Gasteiger partial charge in [-0.15, -0.1) is 0 Å². The average molecular weight is 478 g/mol. The van der Waals surface area contributed by atoms with Gasteiger partial charge in [-0.3, -0.25) is 0 Å². The molecule has 0 aromatic carbocycles. The highest BCUT2D eigenvalue weighted by Gasteiger charge is 2.30. The molecule has 0 spiro atoms. The van der Waals surface area contributed by atoms with Crippen LogP contribution in [-0.4, -0.2) is 23.2 Å². The Morgan fingerprint density at radius 3 is 1.74 bits per heavy atom. The van der Waals surface area contributed by atoms with Crippen molar-refractivity contribution in [1.29, 1.82) is 0 Å². The van der Waals surface area contributed by atoms with Crippen molar-refractivity contribution in [3.63, 3.8) is 0 Å². The number of hydrogen-bond donors (Lipinski definition) is 2. The maximum absolute atomic E-state index is 3.59. The Morgan fingerprint density at radius 2 is 1.38 bits per heavy atom. The predicted molar refractivity (Wildman–Crippen MR) is 157 cm³/mol. The molecule has 0 aliphatic carbocycles. The van der Waals surface area contributed by atoms with Crippen LogP contribution in [0.5, 0.6) is 0 Å². The summed E-state index contributed by atoms with van der Waals surface area (Å²) in [5, 5.41) is 6.99. The third-order valence-electron chi connectivity index (χ3n) is 7.73. The maximum atomic E-state index is 3.59. The number of hydrogen-bond acceptors (Lipinski definition) is 2. The minimum absolute atomic E-state index is 0. The molecule has 2 aliphatic heterocycles. The van der Waals surface area contributed by atoms with E-state index in [0.29, 0.717) is 17.9 Å². The Hall–Kier alpha value is -1.22. The molecule has 1 aromatic rings. The van der Waals surface area contributed by atoms with E-state index in [2.05, 4.69) is 130 Å². The van der Waals surface area contributed by atoms with Gasteiger partial charge >= 0.3 is 0 Å². The first kappa shape index (κ1) is 30.8. The Labute approximate surface area is 216 Å². The molecule has 3 rings (SSSR count). The first-order valence-electron chi connectivity index (χ1n) is 14.1. The molecule has 0 saturated carbocycles. The number of nitrogens with zero attached hydrogens (tertiary/aromatic N) is 1. The van der Waals surface area contributed by atoms with Crippen LogP contribution >= 0.6 is 0 Å². The Bertz CT molecular complexity index is 697. The average Bonchev–Trinajstić information content (AvgIpc) is 3.47. The minimum Gasteiger partial charge on any atom is -0.388 e. The summed E-state index contributed by atoms with van der Waals surface area (Å²) in [4.78, 5) is 0. The fourth-order valence-electron chi connectivity index (χ4n) is 5.80. The van der Waals surface area contributed by atoms with Gasteiger partial charge in [0, 0.05) is 39.8 Å². The Morgan fingerprint density at radius 1 is 0.794 bits per heavy atom. The van der Waals surface area contributed by atoms with Gasteiger partial charge < -0.3 is 15.2 Å². The van der Waals surface area contributed by atoms with E-state index in [1.165, 1.54) is 24.2 Å². The first-order chi connectivity index (χ1) is 15.8. The highest BCUT2D eigenvalue weighted by atomic mass is 15.0. The summed E-state index contributed by atoms with van der Waals surface area (Å²) >= 11 is 0. The molecule has 3 heteroatoms. The Kier molecular flexibility index (Phi) is 13.0. The van der Waals surface area contributed by atoms with Crippen LogP contribution in [0.3, 0.4) is 0 Å². The van der Waals surface area contributed by atoms with E-state index in [1.807, 2.05) is 0 Å². The second-order valence-corrected chi connectivity index (χ2v) is 12.6. The van der Waals surface area contributed by atoms with Gasteiger partial charge in [0.2, 0.25) is 0 Å². The van der Waals surface area contributed by atoms with Crippen molar-refractivity contribution < 1.29 is 2.85 Å². The minimum atomic E-state index is 0. The number of nitrogens with one attached hydrogen (secondary N) is 2. The van der Waals surface area contributed by atoms with Crippen molar-refractivity contribution in [3.8, 4) is 0 Å². The van der Waals surface area contributed by atoms with Crippen LogP contribution in [0.1, 0.15) is 115 Å². The lowest BCUT2D eigenvalue weighted by atomic mass is 9.84. The molecule has 1 fully saturated rings. The van der Waals surface area contributed by atoms with E-state index in [-0.39, 0.29) is 2.85 Å². The van der Waals surface area contributed by atoms with Gasteiger partial charge in [0.15, 0.2) is 0 Å². The second kappa shape index (κ2) is 14.4. The quantitative estimate of drug-likeness (QED) is 0.430. The van der Waals surface area contributed by atoms with Gasteiger partial charge in [0.1, 0.15) is 0 Å². The summed E-state index contributed by atoms with van der Waals surface area (Å²) < 4.78 is 2.24. The smallest absolute Gasteiger partial charge is 0.0344 e. The molecule has 1 aromatic heterocycles. The molecule has 0 amide bonds. The molecular formula is C31H63N3. The summed E-state index contributed by atoms with van der Waals surface area (Å²) in [6, 6.07) is 3.67. The lowest BCUT2D eigenvalue weighted by Gasteiger charge is -2.26. The van der Waals surface area contributed by atoms with E-state index in [9.17, 15) is 0 Å². The summed E-state index contributed by atoms with van der Waals surface area (Å²) in [6.07, 6.45) is 7.94. The van der Waals surface area contributed by atoms with E-state index < -0.39 is 0 Å². The molecular weight excluding hydrogens is 414 g/mol.